The summed E-state index contributed by atoms with van der Waals surface area (Å²) in [5.41, 5.74) is 8.23. The molecule has 0 aliphatic carbocycles. The number of nitrogens with two attached hydrogens (primary N) is 1. The Balaban J connectivity index is 3.46. The quantitative estimate of drug-likeness (QED) is 0.624. The number of rotatable bonds is 0. The normalized spacial score (nSPS) is 10.2. The Kier molecular flexibility index (Phi) is 2.31. The van der Waals surface area contributed by atoms with E-state index in [2.05, 4.69) is 0 Å². The molecule has 0 radical (unpaired) electrons. The van der Waals surface area contributed by atoms with E-state index in [1.165, 1.54) is 0 Å². The maximum absolute atomic E-state index is 5.85. The van der Waals surface area contributed by atoms with Gasteiger partial charge in [-0.05, 0) is 31.0 Å². The Hall–Kier alpha value is -0.400. The molecule has 11 heavy (non-hydrogen) atoms. The molecule has 60 valence electrons. The van der Waals surface area contributed by atoms with Crippen LogP contribution < -0.4 is 5.73 Å². The van der Waals surface area contributed by atoms with Gasteiger partial charge in [-0.25, -0.2) is 0 Å². The Morgan fingerprint density at radius 2 is 1.64 bits per heavy atom. The summed E-state index contributed by atoms with van der Waals surface area (Å²) >= 11 is 11.6. The molecule has 0 saturated heterocycles. The summed E-state index contributed by atoms with van der Waals surface area (Å²) < 4.78 is 0. The van der Waals surface area contributed by atoms with Crippen LogP contribution in [0.4, 0.5) is 5.69 Å². The topological polar surface area (TPSA) is 26.0 Å². The van der Waals surface area contributed by atoms with Gasteiger partial charge < -0.3 is 5.73 Å². The van der Waals surface area contributed by atoms with E-state index < -0.39 is 0 Å². The first kappa shape index (κ1) is 8.69. The molecule has 0 fully saturated rings. The lowest BCUT2D eigenvalue weighted by Gasteiger charge is -2.07. The van der Waals surface area contributed by atoms with E-state index in [4.69, 9.17) is 28.9 Å². The molecule has 0 heterocycles. The van der Waals surface area contributed by atoms with Crippen molar-refractivity contribution in [3.8, 4) is 0 Å². The monoisotopic (exact) mass is 189 g/mol. The van der Waals surface area contributed by atoms with Gasteiger partial charge in [-0.1, -0.05) is 23.2 Å². The molecule has 0 saturated carbocycles. The van der Waals surface area contributed by atoms with Gasteiger partial charge in [0, 0.05) is 5.02 Å². The lowest BCUT2D eigenvalue weighted by molar-refractivity contribution is 1.34. The average molecular weight is 190 g/mol. The van der Waals surface area contributed by atoms with Crippen molar-refractivity contribution in [1.82, 2.24) is 0 Å². The van der Waals surface area contributed by atoms with Crippen molar-refractivity contribution in [2.24, 2.45) is 0 Å². The fourth-order valence-corrected chi connectivity index (χ4v) is 1.42. The summed E-state index contributed by atoms with van der Waals surface area (Å²) in [5.74, 6) is 0. The number of hydrogen-bond donors (Lipinski definition) is 1. The molecule has 0 unspecified atom stereocenters. The van der Waals surface area contributed by atoms with Crippen molar-refractivity contribution < 1.29 is 0 Å². The molecule has 0 aliphatic rings. The van der Waals surface area contributed by atoms with Crippen molar-refractivity contribution >= 4 is 28.9 Å². The first-order chi connectivity index (χ1) is 5.04. The van der Waals surface area contributed by atoms with Crippen molar-refractivity contribution in [2.75, 3.05) is 5.73 Å². The van der Waals surface area contributed by atoms with Crippen molar-refractivity contribution in [3.63, 3.8) is 0 Å². The second-order valence-corrected chi connectivity index (χ2v) is 3.32. The van der Waals surface area contributed by atoms with Crippen molar-refractivity contribution in [3.05, 3.63) is 27.2 Å². The second-order valence-electron chi connectivity index (χ2n) is 2.50. The van der Waals surface area contributed by atoms with Gasteiger partial charge in [0.25, 0.3) is 0 Å². The van der Waals surface area contributed by atoms with Crippen LogP contribution in [0.5, 0.6) is 0 Å². The highest BCUT2D eigenvalue weighted by molar-refractivity contribution is 6.36. The second kappa shape index (κ2) is 2.92. The van der Waals surface area contributed by atoms with Crippen LogP contribution in [-0.4, -0.2) is 0 Å². The number of nitrogen functional groups attached to an aromatic ring is 1. The van der Waals surface area contributed by atoms with E-state index >= 15 is 0 Å². The first-order valence-electron chi connectivity index (χ1n) is 3.24. The maximum atomic E-state index is 5.85. The minimum atomic E-state index is 0.526. The minimum Gasteiger partial charge on any atom is -0.397 e. The summed E-state index contributed by atoms with van der Waals surface area (Å²) in [5, 5.41) is 1.19. The van der Waals surface area contributed by atoms with Gasteiger partial charge in [0.2, 0.25) is 0 Å². The highest BCUT2D eigenvalue weighted by Gasteiger charge is 2.06. The van der Waals surface area contributed by atoms with Crippen LogP contribution in [0.1, 0.15) is 11.1 Å². The van der Waals surface area contributed by atoms with Gasteiger partial charge in [-0.3, -0.25) is 0 Å². The molecule has 1 aromatic rings. The molecule has 1 aromatic carbocycles. The lowest BCUT2D eigenvalue weighted by Crippen LogP contribution is -1.93. The summed E-state index contributed by atoms with van der Waals surface area (Å²) in [6.07, 6.45) is 0. The predicted octanol–water partition coefficient (Wildman–Crippen LogP) is 3.19. The van der Waals surface area contributed by atoms with Gasteiger partial charge in [0.1, 0.15) is 0 Å². The number of benzene rings is 1. The number of anilines is 1. The van der Waals surface area contributed by atoms with Gasteiger partial charge in [-0.15, -0.1) is 0 Å². The highest BCUT2D eigenvalue weighted by atomic mass is 35.5. The molecule has 0 aromatic heterocycles. The molecule has 1 rings (SSSR count). The third-order valence-electron chi connectivity index (χ3n) is 1.84. The minimum absolute atomic E-state index is 0.526. The molecule has 0 amide bonds. The first-order valence-corrected chi connectivity index (χ1v) is 4.00. The zero-order chi connectivity index (χ0) is 8.59. The van der Waals surface area contributed by atoms with Crippen LogP contribution in [0, 0.1) is 13.8 Å². The Morgan fingerprint density at radius 3 is 2.18 bits per heavy atom. The van der Waals surface area contributed by atoms with Crippen LogP contribution in [0.2, 0.25) is 10.0 Å². The molecular formula is C8H9Cl2N. The van der Waals surface area contributed by atoms with E-state index in [0.29, 0.717) is 15.7 Å². The molecule has 3 heteroatoms. The third kappa shape index (κ3) is 1.44. The number of hydrogen-bond acceptors (Lipinski definition) is 1. The Bertz CT molecular complexity index is 268. The van der Waals surface area contributed by atoms with E-state index in [1.807, 2.05) is 13.8 Å². The molecule has 0 atom stereocenters. The van der Waals surface area contributed by atoms with Crippen LogP contribution in [-0.2, 0) is 0 Å². The molecule has 0 aliphatic heterocycles. The van der Waals surface area contributed by atoms with E-state index in [-0.39, 0.29) is 0 Å². The largest absolute Gasteiger partial charge is 0.397 e. The van der Waals surface area contributed by atoms with Crippen LogP contribution >= 0.6 is 23.2 Å². The Labute approximate surface area is 76.1 Å². The Morgan fingerprint density at radius 1 is 1.09 bits per heavy atom. The van der Waals surface area contributed by atoms with Gasteiger partial charge in [0.15, 0.2) is 0 Å². The lowest BCUT2D eigenvalue weighted by atomic mass is 10.1. The zero-order valence-corrected chi connectivity index (χ0v) is 7.92. The van der Waals surface area contributed by atoms with Crippen LogP contribution in [0.3, 0.4) is 0 Å². The highest BCUT2D eigenvalue weighted by Crippen LogP contribution is 2.30. The summed E-state index contributed by atoms with van der Waals surface area (Å²) in [4.78, 5) is 0. The van der Waals surface area contributed by atoms with E-state index in [9.17, 15) is 0 Å². The number of halogens is 2. The SMILES string of the molecule is Cc1c(Cl)cc(Cl)c(N)c1C. The molecule has 0 spiro atoms. The summed E-state index contributed by atoms with van der Waals surface area (Å²) in [6.45, 7) is 3.83. The van der Waals surface area contributed by atoms with Crippen molar-refractivity contribution in [2.45, 2.75) is 13.8 Å². The van der Waals surface area contributed by atoms with Crippen LogP contribution in [0.15, 0.2) is 6.07 Å². The van der Waals surface area contributed by atoms with Gasteiger partial charge in [0.05, 0.1) is 10.7 Å². The third-order valence-corrected chi connectivity index (χ3v) is 2.54. The molecule has 1 nitrogen and oxygen atoms in total. The standard InChI is InChI=1S/C8H9Cl2N/c1-4-5(2)8(11)7(10)3-6(4)9/h3H,11H2,1-2H3. The predicted molar refractivity (Wildman–Crippen MR) is 50.3 cm³/mol. The zero-order valence-electron chi connectivity index (χ0n) is 6.41. The molecular weight excluding hydrogens is 181 g/mol. The van der Waals surface area contributed by atoms with Crippen molar-refractivity contribution in [1.29, 1.82) is 0 Å². The average Bonchev–Trinajstić information content (AvgIpc) is 1.97. The smallest absolute Gasteiger partial charge is 0.0653 e. The summed E-state index contributed by atoms with van der Waals surface area (Å²) in [7, 11) is 0. The fourth-order valence-electron chi connectivity index (χ4n) is 0.858. The molecule has 2 N–H and O–H groups in total. The fraction of sp³-hybridized carbons (Fsp3) is 0.250. The van der Waals surface area contributed by atoms with Crippen LogP contribution in [0.25, 0.3) is 0 Å². The van der Waals surface area contributed by atoms with Gasteiger partial charge >= 0.3 is 0 Å². The summed E-state index contributed by atoms with van der Waals surface area (Å²) in [6, 6.07) is 1.67. The van der Waals surface area contributed by atoms with Gasteiger partial charge in [-0.2, -0.15) is 0 Å². The molecule has 0 bridgehead atoms. The van der Waals surface area contributed by atoms with E-state index in [1.54, 1.807) is 6.07 Å². The van der Waals surface area contributed by atoms with E-state index in [0.717, 1.165) is 11.1 Å². The maximum Gasteiger partial charge on any atom is 0.0653 e.